The first-order chi connectivity index (χ1) is 17.7. The molecule has 9 nitrogen and oxygen atoms in total. The van der Waals surface area contributed by atoms with Crippen molar-refractivity contribution in [1.29, 1.82) is 0 Å². The molecule has 0 spiro atoms. The van der Waals surface area contributed by atoms with Crippen molar-refractivity contribution in [2.24, 2.45) is 5.10 Å². The Bertz CT molecular complexity index is 1430. The van der Waals surface area contributed by atoms with Gasteiger partial charge in [0.05, 0.1) is 16.9 Å². The lowest BCUT2D eigenvalue weighted by Gasteiger charge is -2.19. The van der Waals surface area contributed by atoms with Crippen LogP contribution in [0, 0.1) is 10.1 Å². The van der Waals surface area contributed by atoms with Crippen LogP contribution in [0.4, 0.5) is 5.69 Å². The average Bonchev–Trinajstić information content (AvgIpc) is 3.32. The van der Waals surface area contributed by atoms with Crippen LogP contribution in [0.15, 0.2) is 89.1 Å². The van der Waals surface area contributed by atoms with E-state index >= 15 is 0 Å². The minimum atomic E-state index is -0.483. The molecule has 1 heterocycles. The number of hydrazone groups is 1. The zero-order chi connectivity index (χ0) is 26.4. The highest BCUT2D eigenvalue weighted by molar-refractivity contribution is 7.99. The molecule has 0 aliphatic rings. The van der Waals surface area contributed by atoms with Crippen molar-refractivity contribution in [3.63, 3.8) is 0 Å². The van der Waals surface area contributed by atoms with Crippen LogP contribution in [0.25, 0.3) is 17.1 Å². The largest absolute Gasteiger partial charge is 0.272 e. The van der Waals surface area contributed by atoms with Crippen LogP contribution in [0.1, 0.15) is 31.9 Å². The van der Waals surface area contributed by atoms with Crippen LogP contribution >= 0.6 is 11.8 Å². The summed E-state index contributed by atoms with van der Waals surface area (Å²) in [6, 6.07) is 24.0. The Morgan fingerprint density at radius 1 is 1.05 bits per heavy atom. The molecule has 4 aromatic rings. The maximum absolute atomic E-state index is 12.4. The molecule has 0 atom stereocenters. The van der Waals surface area contributed by atoms with Crippen LogP contribution in [0.3, 0.4) is 0 Å². The molecule has 10 heteroatoms. The predicted molar refractivity (Wildman–Crippen MR) is 145 cm³/mol. The molecule has 3 aromatic carbocycles. The zero-order valence-electron chi connectivity index (χ0n) is 20.7. The first-order valence-electron chi connectivity index (χ1n) is 11.5. The van der Waals surface area contributed by atoms with Gasteiger partial charge in [0.1, 0.15) is 0 Å². The van der Waals surface area contributed by atoms with Crippen molar-refractivity contribution < 1.29 is 9.72 Å². The number of aromatic nitrogens is 3. The van der Waals surface area contributed by atoms with E-state index in [2.05, 4.69) is 53.6 Å². The molecule has 0 saturated carbocycles. The summed E-state index contributed by atoms with van der Waals surface area (Å²) in [6.07, 6.45) is 1.36. The minimum absolute atomic E-state index is 0.0394. The summed E-state index contributed by atoms with van der Waals surface area (Å²) in [6.45, 7) is 6.51. The Labute approximate surface area is 218 Å². The third kappa shape index (κ3) is 6.47. The number of hydrogen-bond donors (Lipinski definition) is 1. The number of thioether (sulfide) groups is 1. The third-order valence-corrected chi connectivity index (χ3v) is 6.40. The SMILES string of the molecule is CC(C)(C)c1ccc(-c2nnc(SCC(=O)NN=Cc3cccc([N+](=O)[O-])c3)n2-c2ccccc2)cc1. The van der Waals surface area contributed by atoms with E-state index in [-0.39, 0.29) is 22.8 Å². The Morgan fingerprint density at radius 2 is 1.78 bits per heavy atom. The lowest BCUT2D eigenvalue weighted by Crippen LogP contribution is -2.20. The first-order valence-corrected chi connectivity index (χ1v) is 12.5. The summed E-state index contributed by atoms with van der Waals surface area (Å²) >= 11 is 1.24. The second kappa shape index (κ2) is 11.2. The van der Waals surface area contributed by atoms with Gasteiger partial charge in [-0.25, -0.2) is 5.43 Å². The number of nitrogens with one attached hydrogen (secondary N) is 1. The molecular formula is C27H26N6O3S. The molecule has 1 N–H and O–H groups in total. The zero-order valence-corrected chi connectivity index (χ0v) is 21.5. The van der Waals surface area contributed by atoms with E-state index in [4.69, 9.17) is 0 Å². The van der Waals surface area contributed by atoms with Gasteiger partial charge >= 0.3 is 0 Å². The first kappa shape index (κ1) is 25.8. The van der Waals surface area contributed by atoms with Crippen LogP contribution in [0.5, 0.6) is 0 Å². The number of amides is 1. The highest BCUT2D eigenvalue weighted by Gasteiger charge is 2.19. The number of nitro groups is 1. The lowest BCUT2D eigenvalue weighted by atomic mass is 9.87. The van der Waals surface area contributed by atoms with E-state index in [9.17, 15) is 14.9 Å². The van der Waals surface area contributed by atoms with Crippen LogP contribution in [-0.4, -0.2) is 37.6 Å². The maximum atomic E-state index is 12.4. The number of nitro benzene ring substituents is 1. The van der Waals surface area contributed by atoms with Crippen molar-refractivity contribution >= 4 is 29.6 Å². The fourth-order valence-electron chi connectivity index (χ4n) is 3.54. The molecule has 0 bridgehead atoms. The Kier molecular flexibility index (Phi) is 7.78. The number of hydrogen-bond acceptors (Lipinski definition) is 7. The Hall–Kier alpha value is -4.31. The summed E-state index contributed by atoms with van der Waals surface area (Å²) in [5, 5.41) is 24.2. The molecule has 0 aliphatic carbocycles. The number of para-hydroxylation sites is 1. The molecule has 0 unspecified atom stereocenters. The highest BCUT2D eigenvalue weighted by Crippen LogP contribution is 2.30. The number of nitrogens with zero attached hydrogens (tertiary/aromatic N) is 5. The van der Waals surface area contributed by atoms with Gasteiger partial charge in [0.25, 0.3) is 11.6 Å². The Morgan fingerprint density at radius 3 is 2.46 bits per heavy atom. The number of benzene rings is 3. The molecule has 1 amide bonds. The quantitative estimate of drug-likeness (QED) is 0.146. The van der Waals surface area contributed by atoms with Crippen LogP contribution in [-0.2, 0) is 10.2 Å². The van der Waals surface area contributed by atoms with Crippen molar-refractivity contribution in [3.05, 3.63) is 100 Å². The Balaban J connectivity index is 1.50. The smallest absolute Gasteiger partial charge is 0.270 e. The molecule has 1 aromatic heterocycles. The van der Waals surface area contributed by atoms with Gasteiger partial charge in [0, 0.05) is 28.9 Å². The van der Waals surface area contributed by atoms with Crippen molar-refractivity contribution in [1.82, 2.24) is 20.2 Å². The summed E-state index contributed by atoms with van der Waals surface area (Å²) in [4.78, 5) is 22.9. The van der Waals surface area contributed by atoms with Crippen molar-refractivity contribution in [2.75, 3.05) is 5.75 Å². The molecular weight excluding hydrogens is 488 g/mol. The third-order valence-electron chi connectivity index (χ3n) is 5.47. The normalized spacial score (nSPS) is 11.5. The molecule has 188 valence electrons. The van der Waals surface area contributed by atoms with Gasteiger partial charge in [0.2, 0.25) is 0 Å². The molecule has 37 heavy (non-hydrogen) atoms. The topological polar surface area (TPSA) is 115 Å². The maximum Gasteiger partial charge on any atom is 0.270 e. The summed E-state index contributed by atoms with van der Waals surface area (Å²) in [5.41, 5.74) is 5.97. The fourth-order valence-corrected chi connectivity index (χ4v) is 4.28. The highest BCUT2D eigenvalue weighted by atomic mass is 32.2. The van der Waals surface area contributed by atoms with Gasteiger partial charge < -0.3 is 0 Å². The predicted octanol–water partition coefficient (Wildman–Crippen LogP) is 5.38. The van der Waals surface area contributed by atoms with E-state index in [0.29, 0.717) is 16.5 Å². The standard InChI is InChI=1S/C27H26N6O3S/c1-27(2,3)21-14-12-20(13-15-21)25-30-31-26(32(25)22-9-5-4-6-10-22)37-18-24(34)29-28-17-19-8-7-11-23(16-19)33(35)36/h4-17H,18H2,1-3H3,(H,29,34). The summed E-state index contributed by atoms with van der Waals surface area (Å²) in [5.74, 6) is 0.392. The molecule has 0 fully saturated rings. The van der Waals surface area contributed by atoms with Crippen LogP contribution < -0.4 is 5.43 Å². The van der Waals surface area contributed by atoms with E-state index in [1.54, 1.807) is 12.1 Å². The second-order valence-corrected chi connectivity index (χ2v) is 10.2. The van der Waals surface area contributed by atoms with Gasteiger partial charge in [-0.3, -0.25) is 19.5 Å². The van der Waals surface area contributed by atoms with Crippen molar-refractivity contribution in [2.45, 2.75) is 31.3 Å². The average molecular weight is 515 g/mol. The molecule has 0 aliphatic heterocycles. The van der Waals surface area contributed by atoms with Gasteiger partial charge in [-0.05, 0) is 23.1 Å². The molecule has 0 radical (unpaired) electrons. The fraction of sp³-hybridized carbons (Fsp3) is 0.185. The van der Waals surface area contributed by atoms with E-state index in [0.717, 1.165) is 11.3 Å². The second-order valence-electron chi connectivity index (χ2n) is 9.24. The summed E-state index contributed by atoms with van der Waals surface area (Å²) in [7, 11) is 0. The van der Waals surface area contributed by atoms with Gasteiger partial charge in [0.15, 0.2) is 11.0 Å². The van der Waals surface area contributed by atoms with Gasteiger partial charge in [-0.15, -0.1) is 10.2 Å². The monoisotopic (exact) mass is 514 g/mol. The number of rotatable bonds is 8. The number of non-ortho nitro benzene ring substituents is 1. The number of carbonyl (C=O) groups is 1. The van der Waals surface area contributed by atoms with Crippen molar-refractivity contribution in [3.8, 4) is 17.1 Å². The molecule has 4 rings (SSSR count). The van der Waals surface area contributed by atoms with Gasteiger partial charge in [-0.2, -0.15) is 5.10 Å². The van der Waals surface area contributed by atoms with E-state index in [1.807, 2.05) is 47.0 Å². The van der Waals surface area contributed by atoms with Crippen LogP contribution in [0.2, 0.25) is 0 Å². The van der Waals surface area contributed by atoms with Gasteiger partial charge in [-0.1, -0.05) is 87.1 Å². The lowest BCUT2D eigenvalue weighted by molar-refractivity contribution is -0.384. The van der Waals surface area contributed by atoms with E-state index < -0.39 is 4.92 Å². The van der Waals surface area contributed by atoms with E-state index in [1.165, 1.54) is 35.7 Å². The molecule has 0 saturated heterocycles. The summed E-state index contributed by atoms with van der Waals surface area (Å²) < 4.78 is 1.93. The number of carbonyl (C=O) groups excluding carboxylic acids is 1. The minimum Gasteiger partial charge on any atom is -0.272 e.